The third-order valence-corrected chi connectivity index (χ3v) is 6.88. The van der Waals surface area contributed by atoms with Gasteiger partial charge in [0.2, 0.25) is 15.9 Å². The summed E-state index contributed by atoms with van der Waals surface area (Å²) in [6, 6.07) is 19.0. The van der Waals surface area contributed by atoms with Crippen LogP contribution in [0.4, 0.5) is 5.69 Å². The first kappa shape index (κ1) is 22.8. The quantitative estimate of drug-likeness (QED) is 0.438. The van der Waals surface area contributed by atoms with Gasteiger partial charge in [0.25, 0.3) is 0 Å². The van der Waals surface area contributed by atoms with Crippen molar-refractivity contribution in [2.45, 2.75) is 17.4 Å². The maximum atomic E-state index is 13.0. The van der Waals surface area contributed by atoms with E-state index in [0.717, 1.165) is 10.0 Å². The molecular weight excluding hydrogens is 511 g/mol. The summed E-state index contributed by atoms with van der Waals surface area (Å²) in [5.74, 6) is -0.575. The molecule has 30 heavy (non-hydrogen) atoms. The molecule has 1 atom stereocenters. The van der Waals surface area contributed by atoms with Crippen molar-refractivity contribution in [3.05, 3.63) is 92.9 Å². The number of carbonyl (C=O) groups is 1. The molecule has 2 N–H and O–H groups in total. The predicted octanol–water partition coefficient (Wildman–Crippen LogP) is 5.28. The highest BCUT2D eigenvalue weighted by atomic mass is 79.9. The molecule has 3 aromatic rings. The SMILES string of the molecule is O=C(Nc1c(Cl)cccc1Cl)[C@H](Cc1ccccc1)NS(=O)(=O)c1ccc(Br)cc1. The smallest absolute Gasteiger partial charge is 0.242 e. The number of carbonyl (C=O) groups excluding carboxylic acids is 1. The largest absolute Gasteiger partial charge is 0.322 e. The van der Waals surface area contributed by atoms with E-state index in [1.807, 2.05) is 30.3 Å². The lowest BCUT2D eigenvalue weighted by Gasteiger charge is -2.20. The van der Waals surface area contributed by atoms with E-state index < -0.39 is 22.0 Å². The Morgan fingerprint density at radius 2 is 1.50 bits per heavy atom. The van der Waals surface area contributed by atoms with E-state index in [2.05, 4.69) is 26.0 Å². The van der Waals surface area contributed by atoms with Crippen LogP contribution in [0.15, 0.2) is 82.2 Å². The molecule has 1 amide bonds. The van der Waals surface area contributed by atoms with Crippen LogP contribution in [0.1, 0.15) is 5.56 Å². The summed E-state index contributed by atoms with van der Waals surface area (Å²) in [7, 11) is -3.95. The van der Waals surface area contributed by atoms with Crippen molar-refractivity contribution in [3.8, 4) is 0 Å². The number of amides is 1. The molecule has 0 aromatic heterocycles. The lowest BCUT2D eigenvalue weighted by atomic mass is 10.1. The van der Waals surface area contributed by atoms with E-state index in [9.17, 15) is 13.2 Å². The van der Waals surface area contributed by atoms with Gasteiger partial charge in [-0.1, -0.05) is 75.5 Å². The molecule has 0 aliphatic carbocycles. The molecular formula is C21H17BrCl2N2O3S. The summed E-state index contributed by atoms with van der Waals surface area (Å²) in [6.45, 7) is 0. The van der Waals surface area contributed by atoms with Gasteiger partial charge in [-0.25, -0.2) is 8.42 Å². The van der Waals surface area contributed by atoms with Crippen molar-refractivity contribution in [1.82, 2.24) is 4.72 Å². The lowest BCUT2D eigenvalue weighted by Crippen LogP contribution is -2.45. The average Bonchev–Trinajstić information content (AvgIpc) is 2.71. The van der Waals surface area contributed by atoms with Crippen molar-refractivity contribution >= 4 is 60.7 Å². The summed E-state index contributed by atoms with van der Waals surface area (Å²) in [5, 5.41) is 3.15. The average molecular weight is 528 g/mol. The molecule has 5 nitrogen and oxygen atoms in total. The van der Waals surface area contributed by atoms with Crippen LogP contribution in [0.2, 0.25) is 10.0 Å². The van der Waals surface area contributed by atoms with Crippen molar-refractivity contribution < 1.29 is 13.2 Å². The molecule has 0 fully saturated rings. The highest BCUT2D eigenvalue weighted by Gasteiger charge is 2.27. The molecule has 0 saturated heterocycles. The van der Waals surface area contributed by atoms with Gasteiger partial charge in [-0.05, 0) is 48.4 Å². The van der Waals surface area contributed by atoms with Crippen LogP contribution < -0.4 is 10.0 Å². The fourth-order valence-electron chi connectivity index (χ4n) is 2.73. The van der Waals surface area contributed by atoms with E-state index in [1.165, 1.54) is 12.1 Å². The number of nitrogens with one attached hydrogen (secondary N) is 2. The van der Waals surface area contributed by atoms with E-state index in [-0.39, 0.29) is 27.0 Å². The minimum Gasteiger partial charge on any atom is -0.322 e. The Bertz CT molecular complexity index is 1120. The minimum atomic E-state index is -3.95. The summed E-state index contributed by atoms with van der Waals surface area (Å²) < 4.78 is 29.0. The first-order valence-electron chi connectivity index (χ1n) is 8.83. The van der Waals surface area contributed by atoms with Crippen molar-refractivity contribution in [3.63, 3.8) is 0 Å². The van der Waals surface area contributed by atoms with E-state index in [1.54, 1.807) is 30.3 Å². The number of hydrogen-bond donors (Lipinski definition) is 2. The maximum absolute atomic E-state index is 13.0. The Balaban J connectivity index is 1.90. The first-order valence-corrected chi connectivity index (χ1v) is 11.9. The third kappa shape index (κ3) is 5.83. The van der Waals surface area contributed by atoms with Crippen LogP contribution in [0.5, 0.6) is 0 Å². The van der Waals surface area contributed by atoms with Gasteiger partial charge in [0.15, 0.2) is 0 Å². The zero-order valence-corrected chi connectivity index (χ0v) is 19.4. The third-order valence-electron chi connectivity index (χ3n) is 4.23. The van der Waals surface area contributed by atoms with Crippen LogP contribution in [0.3, 0.4) is 0 Å². The summed E-state index contributed by atoms with van der Waals surface area (Å²) in [4.78, 5) is 13.1. The molecule has 9 heteroatoms. The second kappa shape index (κ2) is 9.94. The number of sulfonamides is 1. The van der Waals surface area contributed by atoms with Crippen LogP contribution in [0, 0.1) is 0 Å². The number of para-hydroxylation sites is 1. The fourth-order valence-corrected chi connectivity index (χ4v) is 4.69. The van der Waals surface area contributed by atoms with Gasteiger partial charge >= 0.3 is 0 Å². The molecule has 0 heterocycles. The molecule has 0 aliphatic rings. The molecule has 0 spiro atoms. The fraction of sp³-hybridized carbons (Fsp3) is 0.0952. The summed E-state index contributed by atoms with van der Waals surface area (Å²) in [5.41, 5.74) is 1.02. The Labute approximate surface area is 193 Å². The van der Waals surface area contributed by atoms with Gasteiger partial charge in [-0.3, -0.25) is 4.79 Å². The van der Waals surface area contributed by atoms with Gasteiger partial charge in [0.1, 0.15) is 6.04 Å². The number of rotatable bonds is 7. The number of benzene rings is 3. The molecule has 3 aromatic carbocycles. The standard InChI is InChI=1S/C21H17BrCl2N2O3S/c22-15-9-11-16(12-10-15)30(28,29)26-19(13-14-5-2-1-3-6-14)21(27)25-20-17(23)7-4-8-18(20)24/h1-12,19,26H,13H2,(H,25,27)/t19-/m0/s1. The molecule has 0 radical (unpaired) electrons. The zero-order chi connectivity index (χ0) is 21.7. The van der Waals surface area contributed by atoms with Crippen LogP contribution >= 0.6 is 39.1 Å². The van der Waals surface area contributed by atoms with Crippen LogP contribution in [-0.2, 0) is 21.2 Å². The minimum absolute atomic E-state index is 0.0485. The zero-order valence-electron chi connectivity index (χ0n) is 15.5. The molecule has 156 valence electrons. The van der Waals surface area contributed by atoms with Gasteiger partial charge < -0.3 is 5.32 Å². The number of anilines is 1. The van der Waals surface area contributed by atoms with Crippen LogP contribution in [-0.4, -0.2) is 20.4 Å². The lowest BCUT2D eigenvalue weighted by molar-refractivity contribution is -0.117. The molecule has 0 saturated carbocycles. The summed E-state index contributed by atoms with van der Waals surface area (Å²) in [6.07, 6.45) is 0.143. The number of hydrogen-bond acceptors (Lipinski definition) is 3. The van der Waals surface area contributed by atoms with E-state index in [0.29, 0.717) is 0 Å². The molecule has 0 aliphatic heterocycles. The van der Waals surface area contributed by atoms with Crippen LogP contribution in [0.25, 0.3) is 0 Å². The van der Waals surface area contributed by atoms with Crippen molar-refractivity contribution in [1.29, 1.82) is 0 Å². The van der Waals surface area contributed by atoms with Gasteiger partial charge in [0, 0.05) is 4.47 Å². The Kier molecular flexibility index (Phi) is 7.55. The van der Waals surface area contributed by atoms with E-state index in [4.69, 9.17) is 23.2 Å². The second-order valence-electron chi connectivity index (χ2n) is 6.40. The second-order valence-corrected chi connectivity index (χ2v) is 9.85. The first-order chi connectivity index (χ1) is 14.3. The van der Waals surface area contributed by atoms with Crippen molar-refractivity contribution in [2.75, 3.05) is 5.32 Å². The monoisotopic (exact) mass is 526 g/mol. The Morgan fingerprint density at radius 3 is 2.10 bits per heavy atom. The normalized spacial score (nSPS) is 12.4. The van der Waals surface area contributed by atoms with Gasteiger partial charge in [-0.2, -0.15) is 4.72 Å². The molecule has 0 bridgehead atoms. The number of halogens is 3. The Hall–Kier alpha value is -1.90. The van der Waals surface area contributed by atoms with Gasteiger partial charge in [-0.15, -0.1) is 0 Å². The predicted molar refractivity (Wildman–Crippen MR) is 123 cm³/mol. The van der Waals surface area contributed by atoms with Gasteiger partial charge in [0.05, 0.1) is 20.6 Å². The maximum Gasteiger partial charge on any atom is 0.242 e. The topological polar surface area (TPSA) is 75.3 Å². The molecule has 3 rings (SSSR count). The molecule has 0 unspecified atom stereocenters. The summed E-state index contributed by atoms with van der Waals surface area (Å²) >= 11 is 15.6. The Morgan fingerprint density at radius 1 is 0.900 bits per heavy atom. The highest BCUT2D eigenvalue weighted by molar-refractivity contribution is 9.10. The highest BCUT2D eigenvalue weighted by Crippen LogP contribution is 2.30. The van der Waals surface area contributed by atoms with E-state index >= 15 is 0 Å². The van der Waals surface area contributed by atoms with Crippen molar-refractivity contribution in [2.24, 2.45) is 0 Å².